The van der Waals surface area contributed by atoms with E-state index in [-0.39, 0.29) is 11.9 Å². The van der Waals surface area contributed by atoms with Crippen LogP contribution in [0.15, 0.2) is 0 Å². The molecule has 0 aromatic carbocycles. The second-order valence-corrected chi connectivity index (χ2v) is 5.26. The number of rotatable bonds is 3. The second kappa shape index (κ2) is 5.36. The lowest BCUT2D eigenvalue weighted by atomic mass is 10.2. The van der Waals surface area contributed by atoms with E-state index in [4.69, 9.17) is 5.26 Å². The Bertz CT molecular complexity index is 485. The van der Waals surface area contributed by atoms with Crippen LogP contribution in [0.3, 0.4) is 0 Å². The minimum atomic E-state index is -0.310. The van der Waals surface area contributed by atoms with Gasteiger partial charge in [-0.25, -0.2) is 0 Å². The highest BCUT2D eigenvalue weighted by Gasteiger charge is 2.24. The van der Waals surface area contributed by atoms with Crippen LogP contribution in [0.2, 0.25) is 0 Å². The topological polar surface area (TPSA) is 69.0 Å². The highest BCUT2D eigenvalue weighted by Crippen LogP contribution is 2.24. The van der Waals surface area contributed by atoms with Crippen LogP contribution in [-0.4, -0.2) is 34.3 Å². The lowest BCUT2D eigenvalue weighted by Gasteiger charge is -2.21. The molecule has 6 heteroatoms. The molecule has 1 aromatic rings. The summed E-state index contributed by atoms with van der Waals surface area (Å²) in [5, 5.41) is 12.8. The van der Waals surface area contributed by atoms with E-state index in [1.165, 1.54) is 11.5 Å². The number of nitriles is 1. The number of carbonyl (C=O) groups is 1. The molecular formula is C12H16N4OS. The summed E-state index contributed by atoms with van der Waals surface area (Å²) in [5.41, 5.74) is 1.26. The number of nitrogens with one attached hydrogen (secondary N) is 1. The molecule has 0 aliphatic carbocycles. The highest BCUT2D eigenvalue weighted by molar-refractivity contribution is 7.10. The highest BCUT2D eigenvalue weighted by atomic mass is 32.1. The van der Waals surface area contributed by atoms with Gasteiger partial charge in [-0.15, -0.1) is 0 Å². The normalized spacial score (nSPS) is 16.4. The number of anilines is 1. The number of nitrogens with zero attached hydrogens (tertiary/aromatic N) is 3. The fourth-order valence-corrected chi connectivity index (χ4v) is 2.90. The van der Waals surface area contributed by atoms with Gasteiger partial charge in [-0.05, 0) is 38.2 Å². The van der Waals surface area contributed by atoms with Gasteiger partial charge in [0.25, 0.3) is 0 Å². The number of carbonyl (C=O) groups excluding carboxylic acids is 1. The zero-order chi connectivity index (χ0) is 13.1. The van der Waals surface area contributed by atoms with Gasteiger partial charge in [-0.1, -0.05) is 0 Å². The summed E-state index contributed by atoms with van der Waals surface area (Å²) >= 11 is 1.23. The third-order valence-corrected chi connectivity index (χ3v) is 3.98. The van der Waals surface area contributed by atoms with Crippen molar-refractivity contribution < 1.29 is 4.79 Å². The molecule has 1 fully saturated rings. The number of likely N-dealkylation sites (tertiary alicyclic amines) is 1. The van der Waals surface area contributed by atoms with Crippen molar-refractivity contribution in [2.75, 3.05) is 18.4 Å². The first-order valence-corrected chi connectivity index (χ1v) is 6.82. The molecule has 2 rings (SSSR count). The Balaban J connectivity index is 2.04. The zero-order valence-electron chi connectivity index (χ0n) is 10.6. The SMILES string of the molecule is Cc1nsc(NC(C)C(=O)N2CCCC2)c1C#N. The van der Waals surface area contributed by atoms with Crippen molar-refractivity contribution in [3.8, 4) is 6.07 Å². The van der Waals surface area contributed by atoms with Crippen molar-refractivity contribution in [2.45, 2.75) is 32.7 Å². The predicted octanol–water partition coefficient (Wildman–Crippen LogP) is 1.75. The predicted molar refractivity (Wildman–Crippen MR) is 70.5 cm³/mol. The van der Waals surface area contributed by atoms with E-state index < -0.39 is 0 Å². The van der Waals surface area contributed by atoms with Gasteiger partial charge in [0.2, 0.25) is 5.91 Å². The monoisotopic (exact) mass is 264 g/mol. The molecule has 0 radical (unpaired) electrons. The van der Waals surface area contributed by atoms with E-state index in [0.29, 0.717) is 16.3 Å². The van der Waals surface area contributed by atoms with Gasteiger partial charge >= 0.3 is 0 Å². The molecule has 1 N–H and O–H groups in total. The Morgan fingerprint density at radius 1 is 1.56 bits per heavy atom. The summed E-state index contributed by atoms with van der Waals surface area (Å²) in [6.45, 7) is 5.32. The Kier molecular flexibility index (Phi) is 3.82. The Morgan fingerprint density at radius 3 is 2.83 bits per heavy atom. The third kappa shape index (κ3) is 2.46. The Labute approximate surface area is 111 Å². The minimum absolute atomic E-state index is 0.0995. The number of aryl methyl sites for hydroxylation is 1. The standard InChI is InChI=1S/C12H16N4OS/c1-8-10(7-13)11(18-15-8)14-9(2)12(17)16-5-3-4-6-16/h9,14H,3-6H2,1-2H3. The van der Waals surface area contributed by atoms with Crippen molar-refractivity contribution in [3.05, 3.63) is 11.3 Å². The fraction of sp³-hybridized carbons (Fsp3) is 0.583. The summed E-state index contributed by atoms with van der Waals surface area (Å²) in [7, 11) is 0. The maximum atomic E-state index is 12.1. The van der Waals surface area contributed by atoms with Crippen LogP contribution in [0.5, 0.6) is 0 Å². The molecule has 0 spiro atoms. The van der Waals surface area contributed by atoms with Crippen LogP contribution < -0.4 is 5.32 Å². The van der Waals surface area contributed by atoms with Gasteiger partial charge in [0, 0.05) is 13.1 Å². The summed E-state index contributed by atoms with van der Waals surface area (Å²) in [6, 6.07) is 1.81. The third-order valence-electron chi connectivity index (χ3n) is 3.11. The first-order chi connectivity index (χ1) is 8.63. The summed E-state index contributed by atoms with van der Waals surface area (Å²) in [6.07, 6.45) is 2.17. The summed E-state index contributed by atoms with van der Waals surface area (Å²) < 4.78 is 4.13. The number of aromatic nitrogens is 1. The maximum absolute atomic E-state index is 12.1. The average Bonchev–Trinajstić information content (AvgIpc) is 2.98. The summed E-state index contributed by atoms with van der Waals surface area (Å²) in [5.74, 6) is 0.0995. The Hall–Kier alpha value is -1.61. The molecular weight excluding hydrogens is 248 g/mol. The maximum Gasteiger partial charge on any atom is 0.244 e. The molecule has 1 aromatic heterocycles. The molecule has 18 heavy (non-hydrogen) atoms. The number of amides is 1. The number of hydrogen-bond acceptors (Lipinski definition) is 5. The van der Waals surface area contributed by atoms with Gasteiger partial charge in [0.1, 0.15) is 22.7 Å². The van der Waals surface area contributed by atoms with Crippen LogP contribution in [-0.2, 0) is 4.79 Å². The van der Waals surface area contributed by atoms with E-state index in [0.717, 1.165) is 25.9 Å². The lowest BCUT2D eigenvalue weighted by Crippen LogP contribution is -2.39. The molecule has 1 aliphatic heterocycles. The molecule has 1 atom stereocenters. The van der Waals surface area contributed by atoms with Crippen LogP contribution in [0.25, 0.3) is 0 Å². The van der Waals surface area contributed by atoms with Gasteiger partial charge in [0.05, 0.1) is 5.69 Å². The number of hydrogen-bond donors (Lipinski definition) is 1. The molecule has 96 valence electrons. The van der Waals surface area contributed by atoms with E-state index in [2.05, 4.69) is 15.8 Å². The molecule has 1 amide bonds. The van der Waals surface area contributed by atoms with Crippen molar-refractivity contribution in [2.24, 2.45) is 0 Å². The molecule has 0 bridgehead atoms. The van der Waals surface area contributed by atoms with Crippen molar-refractivity contribution in [3.63, 3.8) is 0 Å². The van der Waals surface area contributed by atoms with E-state index >= 15 is 0 Å². The molecule has 2 heterocycles. The largest absolute Gasteiger partial charge is 0.363 e. The zero-order valence-corrected chi connectivity index (χ0v) is 11.4. The van der Waals surface area contributed by atoms with Gasteiger partial charge in [-0.2, -0.15) is 9.64 Å². The van der Waals surface area contributed by atoms with E-state index in [9.17, 15) is 4.79 Å². The van der Waals surface area contributed by atoms with Crippen LogP contribution in [0.1, 0.15) is 31.0 Å². The lowest BCUT2D eigenvalue weighted by molar-refractivity contribution is -0.130. The average molecular weight is 264 g/mol. The minimum Gasteiger partial charge on any atom is -0.363 e. The van der Waals surface area contributed by atoms with Crippen molar-refractivity contribution in [1.29, 1.82) is 5.26 Å². The van der Waals surface area contributed by atoms with E-state index in [1.807, 2.05) is 11.8 Å². The van der Waals surface area contributed by atoms with Crippen LogP contribution in [0, 0.1) is 18.3 Å². The van der Waals surface area contributed by atoms with Crippen LogP contribution in [0.4, 0.5) is 5.00 Å². The van der Waals surface area contributed by atoms with Gasteiger partial charge in [0.15, 0.2) is 0 Å². The quantitative estimate of drug-likeness (QED) is 0.903. The fourth-order valence-electron chi connectivity index (χ4n) is 2.07. The smallest absolute Gasteiger partial charge is 0.244 e. The Morgan fingerprint density at radius 2 is 2.22 bits per heavy atom. The van der Waals surface area contributed by atoms with E-state index in [1.54, 1.807) is 6.92 Å². The second-order valence-electron chi connectivity index (χ2n) is 4.48. The molecule has 1 aliphatic rings. The molecule has 1 saturated heterocycles. The molecule has 1 unspecified atom stereocenters. The summed E-state index contributed by atoms with van der Waals surface area (Å²) in [4.78, 5) is 14.0. The van der Waals surface area contributed by atoms with Gasteiger partial charge < -0.3 is 10.2 Å². The molecule has 5 nitrogen and oxygen atoms in total. The first kappa shape index (κ1) is 12.8. The van der Waals surface area contributed by atoms with Gasteiger partial charge in [-0.3, -0.25) is 4.79 Å². The van der Waals surface area contributed by atoms with Crippen molar-refractivity contribution in [1.82, 2.24) is 9.27 Å². The molecule has 0 saturated carbocycles. The first-order valence-electron chi connectivity index (χ1n) is 6.05. The van der Waals surface area contributed by atoms with Crippen molar-refractivity contribution >= 4 is 22.4 Å². The van der Waals surface area contributed by atoms with Crippen LogP contribution >= 0.6 is 11.5 Å².